The molecule has 0 aliphatic carbocycles. The number of hydrogen-bond acceptors (Lipinski definition) is 3. The van der Waals surface area contributed by atoms with Gasteiger partial charge in [-0.15, -0.1) is 0 Å². The summed E-state index contributed by atoms with van der Waals surface area (Å²) in [6.45, 7) is 2.22. The summed E-state index contributed by atoms with van der Waals surface area (Å²) in [5.74, 6) is 0.709. The molecule has 0 N–H and O–H groups in total. The van der Waals surface area contributed by atoms with E-state index in [1.165, 1.54) is 60.3 Å². The van der Waals surface area contributed by atoms with E-state index < -0.39 is 0 Å². The van der Waals surface area contributed by atoms with Crippen molar-refractivity contribution in [2.75, 3.05) is 0 Å². The van der Waals surface area contributed by atoms with Crippen molar-refractivity contribution in [3.8, 4) is 33.4 Å². The quantitative estimate of drug-likeness (QED) is 0.157. The summed E-state index contributed by atoms with van der Waals surface area (Å²) < 4.78 is 0. The third-order valence-electron chi connectivity index (χ3n) is 11.3. The van der Waals surface area contributed by atoms with E-state index in [9.17, 15) is 0 Å². The van der Waals surface area contributed by atoms with Crippen LogP contribution in [0.3, 0.4) is 0 Å². The van der Waals surface area contributed by atoms with Crippen LogP contribution in [0.25, 0.3) is 71.4 Å². The summed E-state index contributed by atoms with van der Waals surface area (Å²) in [5.41, 5.74) is 13.5. The van der Waals surface area contributed by atoms with E-state index in [0.29, 0.717) is 5.84 Å². The van der Waals surface area contributed by atoms with Crippen molar-refractivity contribution in [2.45, 2.75) is 19.8 Å². The van der Waals surface area contributed by atoms with Gasteiger partial charge in [0, 0.05) is 34.5 Å². The van der Waals surface area contributed by atoms with Crippen molar-refractivity contribution >= 4 is 49.6 Å². The van der Waals surface area contributed by atoms with Gasteiger partial charge < -0.3 is 0 Å². The monoisotopic (exact) mass is 729 g/mol. The van der Waals surface area contributed by atoms with Crippen LogP contribution in [0.5, 0.6) is 0 Å². The summed E-state index contributed by atoms with van der Waals surface area (Å²) in [6.07, 6.45) is 5.53. The first-order valence-corrected chi connectivity index (χ1v) is 19.6. The van der Waals surface area contributed by atoms with Gasteiger partial charge in [-0.2, -0.15) is 0 Å². The van der Waals surface area contributed by atoms with Crippen LogP contribution in [-0.4, -0.2) is 16.5 Å². The van der Waals surface area contributed by atoms with E-state index in [2.05, 4.69) is 194 Å². The summed E-state index contributed by atoms with van der Waals surface area (Å²) in [7, 11) is 0. The summed E-state index contributed by atoms with van der Waals surface area (Å²) >= 11 is 0. The Bertz CT molecular complexity index is 3010. The predicted octanol–water partition coefficient (Wildman–Crippen LogP) is 14.0. The molecule has 1 aliphatic rings. The van der Waals surface area contributed by atoms with E-state index in [0.717, 1.165) is 51.9 Å². The maximum atomic E-state index is 5.49. The van der Waals surface area contributed by atoms with Gasteiger partial charge in [-0.25, -0.2) is 9.98 Å². The minimum Gasteiger partial charge on any atom is -0.264 e. The number of benzene rings is 8. The molecule has 0 bridgehead atoms. The predicted molar refractivity (Wildman–Crippen MR) is 241 cm³/mol. The van der Waals surface area contributed by atoms with Gasteiger partial charge in [0.25, 0.3) is 0 Å². The number of nitrogens with zero attached hydrogens (tertiary/aromatic N) is 3. The van der Waals surface area contributed by atoms with Gasteiger partial charge in [0.15, 0.2) is 5.84 Å². The highest BCUT2D eigenvalue weighted by Crippen LogP contribution is 2.39. The maximum absolute atomic E-state index is 5.49. The van der Waals surface area contributed by atoms with E-state index >= 15 is 0 Å². The molecular formula is C54H39N3. The van der Waals surface area contributed by atoms with Crippen LogP contribution in [0.15, 0.2) is 210 Å². The minimum atomic E-state index is 0.709. The fourth-order valence-electron chi connectivity index (χ4n) is 8.32. The molecule has 2 heterocycles. The maximum Gasteiger partial charge on any atom is 0.160 e. The number of amidine groups is 1. The van der Waals surface area contributed by atoms with Crippen molar-refractivity contribution < 1.29 is 0 Å². The zero-order valence-corrected chi connectivity index (χ0v) is 31.7. The van der Waals surface area contributed by atoms with Crippen molar-refractivity contribution in [1.82, 2.24) is 4.98 Å². The lowest BCUT2D eigenvalue weighted by Gasteiger charge is -2.18. The molecule has 57 heavy (non-hydrogen) atoms. The number of rotatable bonds is 6. The van der Waals surface area contributed by atoms with Gasteiger partial charge in [-0.1, -0.05) is 170 Å². The van der Waals surface area contributed by atoms with E-state index in [1.807, 2.05) is 12.4 Å². The highest BCUT2D eigenvalue weighted by Gasteiger charge is 2.19. The van der Waals surface area contributed by atoms with E-state index in [-0.39, 0.29) is 0 Å². The van der Waals surface area contributed by atoms with Crippen LogP contribution in [0.1, 0.15) is 36.5 Å². The smallest absolute Gasteiger partial charge is 0.160 e. The average Bonchev–Trinajstić information content (AvgIpc) is 3.28. The molecule has 3 heteroatoms. The SMILES string of the molecule is C/C1=C(/c2ccc(-c3ccccc3)cc2)N=C(c2ccc(-c3cc4ccncc4c4c3ccc3ccccc34)cc2)N=C(c2ccccc2-c2ccccc2)CC1. The summed E-state index contributed by atoms with van der Waals surface area (Å²) in [4.78, 5) is 15.5. The average molecular weight is 730 g/mol. The van der Waals surface area contributed by atoms with Gasteiger partial charge in [-0.3, -0.25) is 4.98 Å². The highest BCUT2D eigenvalue weighted by molar-refractivity contribution is 6.24. The van der Waals surface area contributed by atoms with Crippen LogP contribution in [0.4, 0.5) is 0 Å². The third-order valence-corrected chi connectivity index (χ3v) is 11.3. The first kappa shape index (κ1) is 34.3. The Morgan fingerprint density at radius 3 is 1.81 bits per heavy atom. The molecule has 0 fully saturated rings. The topological polar surface area (TPSA) is 37.6 Å². The lowest BCUT2D eigenvalue weighted by molar-refractivity contribution is 1.00. The van der Waals surface area contributed by atoms with Crippen LogP contribution in [0.2, 0.25) is 0 Å². The van der Waals surface area contributed by atoms with Gasteiger partial charge in [-0.05, 0) is 97.8 Å². The number of pyridine rings is 1. The Morgan fingerprint density at radius 2 is 1.02 bits per heavy atom. The number of allylic oxidation sites excluding steroid dienone is 1. The first-order chi connectivity index (χ1) is 28.2. The second kappa shape index (κ2) is 14.8. The molecule has 9 aromatic rings. The van der Waals surface area contributed by atoms with Crippen molar-refractivity contribution in [1.29, 1.82) is 0 Å². The van der Waals surface area contributed by atoms with E-state index in [4.69, 9.17) is 9.98 Å². The molecule has 0 radical (unpaired) electrons. The highest BCUT2D eigenvalue weighted by atomic mass is 14.9. The van der Waals surface area contributed by atoms with Crippen molar-refractivity contribution in [3.63, 3.8) is 0 Å². The Kier molecular flexibility index (Phi) is 8.89. The first-order valence-electron chi connectivity index (χ1n) is 19.6. The molecule has 0 saturated heterocycles. The molecule has 3 nitrogen and oxygen atoms in total. The third kappa shape index (κ3) is 6.53. The minimum absolute atomic E-state index is 0.709. The molecule has 0 atom stereocenters. The van der Waals surface area contributed by atoms with Gasteiger partial charge >= 0.3 is 0 Å². The Balaban J connectivity index is 1.12. The standard InChI is InChI=1S/C54H39N3/c1-36-20-31-51(47-19-11-10-17-45(47)39-14-6-3-7-15-39)56-54(57-53(36)42-25-21-38(22-26-42)37-12-4-2-5-13-37)43-27-23-41(24-28-43)49-34-44-32-33-55-35-50(44)52-46-18-9-8-16-40(46)29-30-48(49)52/h2-19,21-30,32-35H,20,31H2,1H3/b53-36+,56-51?,57-54?. The normalized spacial score (nSPS) is 14.6. The summed E-state index contributed by atoms with van der Waals surface area (Å²) in [5, 5.41) is 7.24. The second-order valence-corrected chi connectivity index (χ2v) is 14.8. The number of hydrogen-bond donors (Lipinski definition) is 0. The molecule has 1 aliphatic heterocycles. The lowest BCUT2D eigenvalue weighted by atomic mass is 9.90. The van der Waals surface area contributed by atoms with Gasteiger partial charge in [0.2, 0.25) is 0 Å². The van der Waals surface area contributed by atoms with Crippen LogP contribution in [-0.2, 0) is 0 Å². The fraction of sp³-hybridized carbons (Fsp3) is 0.0556. The van der Waals surface area contributed by atoms with Gasteiger partial charge in [0.1, 0.15) is 0 Å². The van der Waals surface area contributed by atoms with Crippen LogP contribution in [0, 0.1) is 0 Å². The number of aliphatic imine (C=N–C) groups is 2. The Labute approximate surface area is 333 Å². The van der Waals surface area contributed by atoms with E-state index in [1.54, 1.807) is 0 Å². The molecule has 270 valence electrons. The van der Waals surface area contributed by atoms with Gasteiger partial charge in [0.05, 0.1) is 11.4 Å². The van der Waals surface area contributed by atoms with Crippen molar-refractivity contribution in [3.05, 3.63) is 217 Å². The lowest BCUT2D eigenvalue weighted by Crippen LogP contribution is -2.11. The Morgan fingerprint density at radius 1 is 0.404 bits per heavy atom. The molecule has 0 unspecified atom stereocenters. The van der Waals surface area contributed by atoms with Crippen LogP contribution < -0.4 is 0 Å². The molecule has 8 aromatic carbocycles. The molecule has 10 rings (SSSR count). The fourth-order valence-corrected chi connectivity index (χ4v) is 8.32. The van der Waals surface area contributed by atoms with Crippen molar-refractivity contribution in [2.24, 2.45) is 9.98 Å². The molecule has 1 aromatic heterocycles. The second-order valence-electron chi connectivity index (χ2n) is 14.8. The van der Waals surface area contributed by atoms with Crippen LogP contribution >= 0.6 is 0 Å². The summed E-state index contributed by atoms with van der Waals surface area (Å²) in [6, 6.07) is 64.9. The Hall–Kier alpha value is -7.23. The molecule has 0 spiro atoms. The molecule has 0 saturated carbocycles. The zero-order valence-electron chi connectivity index (χ0n) is 31.7. The largest absolute Gasteiger partial charge is 0.264 e. The number of fused-ring (bicyclic) bond motifs is 5. The molecule has 0 amide bonds. The molecular weight excluding hydrogens is 691 g/mol. The zero-order chi connectivity index (χ0) is 38.1. The number of aromatic nitrogens is 1.